The Balaban J connectivity index is 2.53. The van der Waals surface area contributed by atoms with Gasteiger partial charge in [-0.3, -0.25) is 10.1 Å². The first-order valence-electron chi connectivity index (χ1n) is 6.66. The number of nitriles is 1. The van der Waals surface area contributed by atoms with Crippen molar-refractivity contribution in [3.05, 3.63) is 33.9 Å². The zero-order valence-corrected chi connectivity index (χ0v) is 11.6. The molecule has 0 saturated carbocycles. The molecular weight excluding hydrogens is 274 g/mol. The molecule has 1 fully saturated rings. The van der Waals surface area contributed by atoms with Crippen LogP contribution in [0.15, 0.2) is 18.2 Å². The maximum atomic E-state index is 11.7. The highest BCUT2D eigenvalue weighted by atomic mass is 16.6. The second-order valence-electron chi connectivity index (χ2n) is 5.02. The van der Waals surface area contributed by atoms with Crippen LogP contribution in [-0.4, -0.2) is 28.1 Å². The molecule has 0 aliphatic carbocycles. The van der Waals surface area contributed by atoms with Gasteiger partial charge in [-0.15, -0.1) is 0 Å². The van der Waals surface area contributed by atoms with E-state index in [2.05, 4.69) is 0 Å². The lowest BCUT2D eigenvalue weighted by Gasteiger charge is -2.36. The molecule has 7 heteroatoms. The van der Waals surface area contributed by atoms with Gasteiger partial charge in [0, 0.05) is 18.7 Å². The third kappa shape index (κ3) is 2.29. The number of aliphatic carboxylic acids is 1. The number of nitrogens with zero attached hydrogens (tertiary/aromatic N) is 3. The summed E-state index contributed by atoms with van der Waals surface area (Å²) < 4.78 is 0. The van der Waals surface area contributed by atoms with Crippen LogP contribution in [0.4, 0.5) is 11.4 Å². The number of non-ortho nitro benzene ring substituents is 1. The van der Waals surface area contributed by atoms with Crippen molar-refractivity contribution in [2.45, 2.75) is 31.7 Å². The van der Waals surface area contributed by atoms with Crippen LogP contribution in [0.5, 0.6) is 0 Å². The largest absolute Gasteiger partial charge is 0.479 e. The van der Waals surface area contributed by atoms with Crippen molar-refractivity contribution in [2.24, 2.45) is 0 Å². The Kier molecular flexibility index (Phi) is 3.80. The number of carboxylic acid groups (broad SMARTS) is 1. The molecule has 1 saturated heterocycles. The molecule has 0 spiro atoms. The monoisotopic (exact) mass is 289 g/mol. The minimum Gasteiger partial charge on any atom is -0.479 e. The highest BCUT2D eigenvalue weighted by molar-refractivity contribution is 5.85. The third-order valence-corrected chi connectivity index (χ3v) is 4.07. The Morgan fingerprint density at radius 3 is 2.86 bits per heavy atom. The molecule has 110 valence electrons. The lowest BCUT2D eigenvalue weighted by atomic mass is 9.92. The zero-order valence-electron chi connectivity index (χ0n) is 11.6. The van der Waals surface area contributed by atoms with E-state index in [4.69, 9.17) is 0 Å². The zero-order chi connectivity index (χ0) is 15.6. The molecule has 0 bridgehead atoms. The number of carbonyl (C=O) groups is 1. The third-order valence-electron chi connectivity index (χ3n) is 4.07. The molecule has 0 amide bonds. The highest BCUT2D eigenvalue weighted by Crippen LogP contribution is 2.39. The van der Waals surface area contributed by atoms with Crippen LogP contribution in [0.3, 0.4) is 0 Å². The molecule has 7 nitrogen and oxygen atoms in total. The molecule has 21 heavy (non-hydrogen) atoms. The minimum absolute atomic E-state index is 0.130. The summed E-state index contributed by atoms with van der Waals surface area (Å²) in [7, 11) is 0. The number of anilines is 1. The first kappa shape index (κ1) is 14.8. The van der Waals surface area contributed by atoms with E-state index < -0.39 is 16.4 Å². The Hall–Kier alpha value is -2.62. The van der Waals surface area contributed by atoms with E-state index in [0.717, 1.165) is 0 Å². The van der Waals surface area contributed by atoms with Gasteiger partial charge in [0.25, 0.3) is 5.69 Å². The van der Waals surface area contributed by atoms with Crippen LogP contribution in [0.2, 0.25) is 0 Å². The summed E-state index contributed by atoms with van der Waals surface area (Å²) >= 11 is 0. The molecule has 1 aromatic carbocycles. The Morgan fingerprint density at radius 1 is 1.62 bits per heavy atom. The fourth-order valence-corrected chi connectivity index (χ4v) is 2.93. The smallest absolute Gasteiger partial charge is 0.329 e. The number of benzene rings is 1. The van der Waals surface area contributed by atoms with E-state index in [1.54, 1.807) is 11.8 Å². The van der Waals surface area contributed by atoms with Gasteiger partial charge in [0.2, 0.25) is 0 Å². The van der Waals surface area contributed by atoms with Crippen LogP contribution in [-0.2, 0) is 4.79 Å². The van der Waals surface area contributed by atoms with Crippen LogP contribution in [0.25, 0.3) is 0 Å². The van der Waals surface area contributed by atoms with E-state index in [0.29, 0.717) is 31.5 Å². The number of nitro benzene ring substituents is 1. The highest BCUT2D eigenvalue weighted by Gasteiger charge is 2.47. The summed E-state index contributed by atoms with van der Waals surface area (Å²) in [5, 5.41) is 29.6. The van der Waals surface area contributed by atoms with Gasteiger partial charge in [0.05, 0.1) is 16.2 Å². The fourth-order valence-electron chi connectivity index (χ4n) is 2.93. The summed E-state index contributed by atoms with van der Waals surface area (Å²) in [6, 6.07) is 5.89. The van der Waals surface area contributed by atoms with Crippen LogP contribution >= 0.6 is 0 Å². The Labute approximate surface area is 121 Å². The van der Waals surface area contributed by atoms with Gasteiger partial charge in [-0.2, -0.15) is 5.26 Å². The SMILES string of the molecule is CCC1(C(=O)O)CCCN1c1ccc([N+](=O)[O-])cc1C#N. The Bertz CT molecular complexity index is 638. The van der Waals surface area contributed by atoms with Crippen molar-refractivity contribution in [2.75, 3.05) is 11.4 Å². The van der Waals surface area contributed by atoms with Crippen molar-refractivity contribution in [3.8, 4) is 6.07 Å². The predicted octanol–water partition coefficient (Wildman–Crippen LogP) is 2.30. The van der Waals surface area contributed by atoms with Crippen molar-refractivity contribution < 1.29 is 14.8 Å². The number of carboxylic acids is 1. The lowest BCUT2D eigenvalue weighted by Crippen LogP contribution is -2.50. The predicted molar refractivity (Wildman–Crippen MR) is 75.0 cm³/mol. The molecule has 1 unspecified atom stereocenters. The molecule has 0 radical (unpaired) electrons. The summed E-state index contributed by atoms with van der Waals surface area (Å²) in [6.45, 7) is 2.32. The maximum Gasteiger partial charge on any atom is 0.329 e. The molecular formula is C14H15N3O4. The first-order chi connectivity index (χ1) is 9.96. The summed E-state index contributed by atoms with van der Waals surface area (Å²) in [4.78, 5) is 23.6. The van der Waals surface area contributed by atoms with Gasteiger partial charge in [0.15, 0.2) is 0 Å². The fraction of sp³-hybridized carbons (Fsp3) is 0.429. The van der Waals surface area contributed by atoms with Gasteiger partial charge < -0.3 is 10.0 Å². The standard InChI is InChI=1S/C14H15N3O4/c1-2-14(13(18)19)6-3-7-16(14)12-5-4-11(17(20)21)8-10(12)9-15/h4-5,8H,2-3,6-7H2,1H3,(H,18,19). The van der Waals surface area contributed by atoms with E-state index >= 15 is 0 Å². The number of rotatable bonds is 4. The second kappa shape index (κ2) is 5.40. The Morgan fingerprint density at radius 2 is 2.33 bits per heavy atom. The average Bonchev–Trinajstić information content (AvgIpc) is 2.91. The van der Waals surface area contributed by atoms with Crippen molar-refractivity contribution in [1.82, 2.24) is 0 Å². The van der Waals surface area contributed by atoms with Gasteiger partial charge in [-0.1, -0.05) is 6.92 Å². The molecule has 1 aromatic rings. The van der Waals surface area contributed by atoms with Crippen molar-refractivity contribution in [3.63, 3.8) is 0 Å². The molecule has 1 N–H and O–H groups in total. The number of nitro groups is 1. The van der Waals surface area contributed by atoms with Crippen LogP contribution < -0.4 is 4.90 Å². The summed E-state index contributed by atoms with van der Waals surface area (Å²) in [5.74, 6) is -0.926. The topological polar surface area (TPSA) is 107 Å². The molecule has 0 aromatic heterocycles. The van der Waals surface area contributed by atoms with Crippen LogP contribution in [0, 0.1) is 21.4 Å². The van der Waals surface area contributed by atoms with Gasteiger partial charge in [0.1, 0.15) is 11.6 Å². The van der Waals surface area contributed by atoms with Crippen LogP contribution in [0.1, 0.15) is 31.7 Å². The van der Waals surface area contributed by atoms with E-state index in [-0.39, 0.29) is 11.3 Å². The normalized spacial score (nSPS) is 21.0. The molecule has 1 heterocycles. The van der Waals surface area contributed by atoms with E-state index in [1.165, 1.54) is 18.2 Å². The lowest BCUT2D eigenvalue weighted by molar-refractivity contribution is -0.384. The maximum absolute atomic E-state index is 11.7. The summed E-state index contributed by atoms with van der Waals surface area (Å²) in [6.07, 6.45) is 1.62. The van der Waals surface area contributed by atoms with Gasteiger partial charge >= 0.3 is 5.97 Å². The number of hydrogen-bond acceptors (Lipinski definition) is 5. The minimum atomic E-state index is -1.04. The second-order valence-corrected chi connectivity index (χ2v) is 5.02. The van der Waals surface area contributed by atoms with Crippen molar-refractivity contribution in [1.29, 1.82) is 5.26 Å². The van der Waals surface area contributed by atoms with Gasteiger partial charge in [-0.05, 0) is 25.3 Å². The number of hydrogen-bond donors (Lipinski definition) is 1. The molecule has 2 rings (SSSR count). The molecule has 1 aliphatic heterocycles. The summed E-state index contributed by atoms with van der Waals surface area (Å²) in [5.41, 5.74) is -0.635. The average molecular weight is 289 g/mol. The van der Waals surface area contributed by atoms with Crippen molar-refractivity contribution >= 4 is 17.3 Å². The van der Waals surface area contributed by atoms with E-state index in [9.17, 15) is 25.3 Å². The molecule has 1 aliphatic rings. The first-order valence-corrected chi connectivity index (χ1v) is 6.66. The quantitative estimate of drug-likeness (QED) is 0.673. The van der Waals surface area contributed by atoms with E-state index in [1.807, 2.05) is 6.07 Å². The van der Waals surface area contributed by atoms with Gasteiger partial charge in [-0.25, -0.2) is 4.79 Å². The molecule has 1 atom stereocenters.